The van der Waals surface area contributed by atoms with Crippen LogP contribution in [0.1, 0.15) is 11.3 Å². The van der Waals surface area contributed by atoms with E-state index < -0.39 is 11.7 Å². The van der Waals surface area contributed by atoms with Gasteiger partial charge in [0.25, 0.3) is 0 Å². The van der Waals surface area contributed by atoms with Crippen LogP contribution >= 0.6 is 23.2 Å². The molecule has 3 rings (SSSR count). The van der Waals surface area contributed by atoms with E-state index in [0.29, 0.717) is 0 Å². The molecule has 0 atom stereocenters. The first-order chi connectivity index (χ1) is 11.3. The Labute approximate surface area is 142 Å². The molecule has 0 amide bonds. The van der Waals surface area contributed by atoms with E-state index in [1.807, 2.05) is 6.07 Å². The molecule has 6 nitrogen and oxygen atoms in total. The lowest BCUT2D eigenvalue weighted by molar-refractivity contribution is -0.137. The van der Waals surface area contributed by atoms with Crippen LogP contribution in [0, 0.1) is 11.3 Å². The first-order valence-electron chi connectivity index (χ1n) is 6.23. The van der Waals surface area contributed by atoms with Crippen molar-refractivity contribution in [1.29, 1.82) is 5.26 Å². The number of hydrogen-bond donors (Lipinski definition) is 1. The smallest absolute Gasteiger partial charge is 0.327 e. The molecule has 0 spiro atoms. The quantitative estimate of drug-likeness (QED) is 0.740. The summed E-state index contributed by atoms with van der Waals surface area (Å²) in [5, 5.41) is 12.3. The standard InChI is InChI=1S/C13H5Cl2F3N6/c14-8-1-6(13(16,17)18)2-9(15)10(8)24-5-21-12(23-24)11-20-4-7(3-19)22-11/h1-2,4-5H,(H,20,22). The number of alkyl halides is 3. The van der Waals surface area contributed by atoms with Gasteiger partial charge in [-0.05, 0) is 12.1 Å². The van der Waals surface area contributed by atoms with Gasteiger partial charge in [0.1, 0.15) is 23.8 Å². The van der Waals surface area contributed by atoms with Crippen LogP contribution < -0.4 is 0 Å². The van der Waals surface area contributed by atoms with Crippen molar-refractivity contribution in [3.05, 3.63) is 46.0 Å². The maximum absolute atomic E-state index is 12.8. The summed E-state index contributed by atoms with van der Waals surface area (Å²) in [6.07, 6.45) is -2.04. The minimum absolute atomic E-state index is 0.0529. The van der Waals surface area contributed by atoms with Gasteiger partial charge in [-0.1, -0.05) is 23.2 Å². The lowest BCUT2D eigenvalue weighted by atomic mass is 10.2. The number of nitriles is 1. The van der Waals surface area contributed by atoms with Gasteiger partial charge in [0.05, 0.1) is 21.8 Å². The zero-order valence-corrected chi connectivity index (χ0v) is 12.9. The summed E-state index contributed by atoms with van der Waals surface area (Å²) in [5.74, 6) is 0.355. The van der Waals surface area contributed by atoms with Crippen molar-refractivity contribution in [2.24, 2.45) is 0 Å². The van der Waals surface area contributed by atoms with E-state index in [1.165, 1.54) is 12.5 Å². The topological polar surface area (TPSA) is 83.2 Å². The fourth-order valence-electron chi connectivity index (χ4n) is 1.92. The molecule has 11 heteroatoms. The maximum Gasteiger partial charge on any atom is 0.416 e. The fraction of sp³-hybridized carbons (Fsp3) is 0.0769. The molecule has 0 aliphatic heterocycles. The molecule has 122 valence electrons. The summed E-state index contributed by atoms with van der Waals surface area (Å²) >= 11 is 11.8. The number of rotatable bonds is 2. The van der Waals surface area contributed by atoms with Crippen LogP contribution in [0.25, 0.3) is 17.3 Å². The molecule has 0 unspecified atom stereocenters. The minimum atomic E-state index is -4.57. The third-order valence-electron chi connectivity index (χ3n) is 2.97. The average molecular weight is 373 g/mol. The SMILES string of the molecule is N#Cc1cnc(-c2ncn(-c3c(Cl)cc(C(F)(F)F)cc3Cl)n2)[nH]1. The zero-order valence-electron chi connectivity index (χ0n) is 11.4. The van der Waals surface area contributed by atoms with E-state index in [9.17, 15) is 13.2 Å². The Morgan fingerprint density at radius 3 is 2.38 bits per heavy atom. The van der Waals surface area contributed by atoms with Crippen molar-refractivity contribution in [3.63, 3.8) is 0 Å². The maximum atomic E-state index is 12.8. The zero-order chi connectivity index (χ0) is 17.5. The highest BCUT2D eigenvalue weighted by atomic mass is 35.5. The number of benzene rings is 1. The average Bonchev–Trinajstić information content (AvgIpc) is 3.14. The van der Waals surface area contributed by atoms with Crippen molar-refractivity contribution in [2.45, 2.75) is 6.18 Å². The molecule has 0 bridgehead atoms. The number of H-pyrrole nitrogens is 1. The predicted octanol–water partition coefficient (Wildman–Crippen LogP) is 3.85. The third-order valence-corrected chi connectivity index (χ3v) is 3.55. The van der Waals surface area contributed by atoms with Crippen molar-refractivity contribution < 1.29 is 13.2 Å². The number of nitrogens with one attached hydrogen (secondary N) is 1. The van der Waals surface area contributed by atoms with Crippen LogP contribution in [0.15, 0.2) is 24.7 Å². The molecule has 0 radical (unpaired) electrons. The Balaban J connectivity index is 2.03. The van der Waals surface area contributed by atoms with Crippen LogP contribution in [0.2, 0.25) is 10.0 Å². The second-order valence-corrected chi connectivity index (χ2v) is 5.37. The molecule has 1 N–H and O–H groups in total. The summed E-state index contributed by atoms with van der Waals surface area (Å²) in [6, 6.07) is 3.37. The molecule has 0 aliphatic rings. The van der Waals surface area contributed by atoms with Gasteiger partial charge in [0.2, 0.25) is 5.82 Å². The second kappa shape index (κ2) is 5.81. The Hall–Kier alpha value is -2.57. The van der Waals surface area contributed by atoms with E-state index in [0.717, 1.165) is 16.8 Å². The van der Waals surface area contributed by atoms with E-state index in [-0.39, 0.29) is 33.1 Å². The normalized spacial score (nSPS) is 11.5. The summed E-state index contributed by atoms with van der Waals surface area (Å²) in [5.41, 5.74) is -0.699. The molecule has 3 aromatic rings. The van der Waals surface area contributed by atoms with E-state index in [2.05, 4.69) is 20.1 Å². The Kier molecular flexibility index (Phi) is 3.95. The molecule has 0 fully saturated rings. The van der Waals surface area contributed by atoms with Gasteiger partial charge in [0.15, 0.2) is 5.82 Å². The minimum Gasteiger partial charge on any atom is -0.327 e. The van der Waals surface area contributed by atoms with Crippen molar-refractivity contribution in [1.82, 2.24) is 24.7 Å². The van der Waals surface area contributed by atoms with E-state index in [1.54, 1.807) is 0 Å². The first kappa shape index (κ1) is 16.3. The van der Waals surface area contributed by atoms with Gasteiger partial charge in [-0.2, -0.15) is 18.4 Å². The van der Waals surface area contributed by atoms with Crippen LogP contribution in [0.3, 0.4) is 0 Å². The van der Waals surface area contributed by atoms with Crippen LogP contribution in [-0.4, -0.2) is 24.7 Å². The van der Waals surface area contributed by atoms with E-state index in [4.69, 9.17) is 28.5 Å². The van der Waals surface area contributed by atoms with Crippen LogP contribution in [0.5, 0.6) is 0 Å². The monoisotopic (exact) mass is 372 g/mol. The third kappa shape index (κ3) is 2.93. The molecule has 1 aromatic carbocycles. The molecule has 2 heterocycles. The summed E-state index contributed by atoms with van der Waals surface area (Å²) in [6.45, 7) is 0. The van der Waals surface area contributed by atoms with Gasteiger partial charge in [-0.25, -0.2) is 14.6 Å². The Bertz CT molecular complexity index is 930. The number of aromatic amines is 1. The summed E-state index contributed by atoms with van der Waals surface area (Å²) < 4.78 is 39.4. The molecular formula is C13H5Cl2F3N6. The molecule has 0 aliphatic carbocycles. The number of nitrogens with zero attached hydrogens (tertiary/aromatic N) is 5. The Morgan fingerprint density at radius 2 is 1.83 bits per heavy atom. The highest BCUT2D eigenvalue weighted by Crippen LogP contribution is 2.37. The molecule has 0 saturated carbocycles. The van der Waals surface area contributed by atoms with Gasteiger partial charge in [0, 0.05) is 0 Å². The number of halogens is 5. The van der Waals surface area contributed by atoms with Crippen LogP contribution in [-0.2, 0) is 6.18 Å². The van der Waals surface area contributed by atoms with Crippen molar-refractivity contribution in [3.8, 4) is 23.4 Å². The number of imidazole rings is 1. The molecule has 2 aromatic heterocycles. The lowest BCUT2D eigenvalue weighted by Gasteiger charge is -2.11. The summed E-state index contributed by atoms with van der Waals surface area (Å²) in [7, 11) is 0. The van der Waals surface area contributed by atoms with Gasteiger partial charge < -0.3 is 4.98 Å². The van der Waals surface area contributed by atoms with Gasteiger partial charge in [-0.3, -0.25) is 0 Å². The van der Waals surface area contributed by atoms with E-state index >= 15 is 0 Å². The first-order valence-corrected chi connectivity index (χ1v) is 6.99. The molecule has 24 heavy (non-hydrogen) atoms. The Morgan fingerprint density at radius 1 is 1.17 bits per heavy atom. The fourth-order valence-corrected chi connectivity index (χ4v) is 2.58. The molecular weight excluding hydrogens is 368 g/mol. The second-order valence-electron chi connectivity index (χ2n) is 4.56. The highest BCUT2D eigenvalue weighted by molar-refractivity contribution is 6.37. The molecule has 0 saturated heterocycles. The summed E-state index contributed by atoms with van der Waals surface area (Å²) in [4.78, 5) is 10.6. The van der Waals surface area contributed by atoms with Crippen molar-refractivity contribution in [2.75, 3.05) is 0 Å². The van der Waals surface area contributed by atoms with Gasteiger partial charge in [-0.15, -0.1) is 5.10 Å². The predicted molar refractivity (Wildman–Crippen MR) is 78.7 cm³/mol. The largest absolute Gasteiger partial charge is 0.416 e. The van der Waals surface area contributed by atoms with Crippen LogP contribution in [0.4, 0.5) is 13.2 Å². The number of aromatic nitrogens is 5. The number of hydrogen-bond acceptors (Lipinski definition) is 4. The van der Waals surface area contributed by atoms with Gasteiger partial charge >= 0.3 is 6.18 Å². The lowest BCUT2D eigenvalue weighted by Crippen LogP contribution is -2.07. The van der Waals surface area contributed by atoms with Crippen molar-refractivity contribution >= 4 is 23.2 Å². The highest BCUT2D eigenvalue weighted by Gasteiger charge is 2.32.